The molecule has 7 heteroatoms. The second kappa shape index (κ2) is 7.02. The molecular weight excluding hydrogens is 355 g/mol. The number of amides is 1. The summed E-state index contributed by atoms with van der Waals surface area (Å²) in [7, 11) is 0. The molecule has 0 bridgehead atoms. The van der Waals surface area contributed by atoms with Gasteiger partial charge in [-0.3, -0.25) is 4.79 Å². The van der Waals surface area contributed by atoms with E-state index < -0.39 is 11.9 Å². The highest BCUT2D eigenvalue weighted by Gasteiger charge is 2.34. The monoisotopic (exact) mass is 379 g/mol. The predicted molar refractivity (Wildman–Crippen MR) is 96.7 cm³/mol. The molecule has 1 unspecified atom stereocenters. The van der Waals surface area contributed by atoms with E-state index in [1.165, 1.54) is 6.20 Å². The third kappa shape index (κ3) is 4.51. The summed E-state index contributed by atoms with van der Waals surface area (Å²) in [4.78, 5) is 14.8. The van der Waals surface area contributed by atoms with E-state index in [0.717, 1.165) is 36.6 Å². The van der Waals surface area contributed by atoms with Crippen LogP contribution in [0.1, 0.15) is 56.1 Å². The Morgan fingerprint density at radius 2 is 1.81 bits per heavy atom. The standard InChI is InChI=1S/C20H24F3N3O/c1-19(2,3)13-16-5-4-11-25(16)18(27)14-6-8-15(9-7-14)26-12-10-17(24-26)20(21,22)23/h6-10,12,16H,4-5,11,13H2,1-3H3. The summed E-state index contributed by atoms with van der Waals surface area (Å²) in [6, 6.07) is 7.71. The van der Waals surface area contributed by atoms with Crippen LogP contribution in [0.4, 0.5) is 13.2 Å². The molecule has 3 rings (SSSR count). The fraction of sp³-hybridized carbons (Fsp3) is 0.500. The van der Waals surface area contributed by atoms with Crippen molar-refractivity contribution in [2.24, 2.45) is 5.41 Å². The van der Waals surface area contributed by atoms with E-state index in [1.807, 2.05) is 4.90 Å². The Balaban J connectivity index is 1.75. The summed E-state index contributed by atoms with van der Waals surface area (Å²) >= 11 is 0. The van der Waals surface area contributed by atoms with Gasteiger partial charge in [-0.1, -0.05) is 20.8 Å². The minimum Gasteiger partial charge on any atom is -0.336 e. The Hall–Kier alpha value is -2.31. The van der Waals surface area contributed by atoms with Gasteiger partial charge in [0.25, 0.3) is 5.91 Å². The molecule has 27 heavy (non-hydrogen) atoms. The molecule has 1 aliphatic rings. The zero-order valence-corrected chi connectivity index (χ0v) is 15.8. The first-order valence-corrected chi connectivity index (χ1v) is 9.09. The maximum atomic E-state index is 12.9. The normalized spacial score (nSPS) is 18.1. The van der Waals surface area contributed by atoms with E-state index in [2.05, 4.69) is 25.9 Å². The number of hydrogen-bond acceptors (Lipinski definition) is 2. The quantitative estimate of drug-likeness (QED) is 0.758. The van der Waals surface area contributed by atoms with Crippen molar-refractivity contribution in [3.05, 3.63) is 47.8 Å². The molecule has 0 radical (unpaired) electrons. The second-order valence-electron chi connectivity index (χ2n) is 8.25. The molecule has 1 amide bonds. The van der Waals surface area contributed by atoms with Gasteiger partial charge >= 0.3 is 6.18 Å². The number of carbonyl (C=O) groups is 1. The van der Waals surface area contributed by atoms with Crippen LogP contribution >= 0.6 is 0 Å². The lowest BCUT2D eigenvalue weighted by Gasteiger charge is -2.30. The second-order valence-corrected chi connectivity index (χ2v) is 8.25. The summed E-state index contributed by atoms with van der Waals surface area (Å²) in [5, 5.41) is 3.55. The van der Waals surface area contributed by atoms with Gasteiger partial charge in [-0.15, -0.1) is 0 Å². The first kappa shape index (κ1) is 19.5. The van der Waals surface area contributed by atoms with Gasteiger partial charge in [-0.05, 0) is 55.0 Å². The van der Waals surface area contributed by atoms with Gasteiger partial charge in [0.05, 0.1) is 5.69 Å². The van der Waals surface area contributed by atoms with Gasteiger partial charge in [-0.2, -0.15) is 18.3 Å². The van der Waals surface area contributed by atoms with Crippen molar-refractivity contribution in [1.82, 2.24) is 14.7 Å². The highest BCUT2D eigenvalue weighted by atomic mass is 19.4. The number of hydrogen-bond donors (Lipinski definition) is 0. The number of alkyl halides is 3. The van der Waals surface area contributed by atoms with Gasteiger partial charge in [0, 0.05) is 24.3 Å². The van der Waals surface area contributed by atoms with Crippen LogP contribution in [0.2, 0.25) is 0 Å². The van der Waals surface area contributed by atoms with E-state index >= 15 is 0 Å². The first-order valence-electron chi connectivity index (χ1n) is 9.09. The molecule has 2 heterocycles. The number of likely N-dealkylation sites (tertiary alicyclic amines) is 1. The number of benzene rings is 1. The van der Waals surface area contributed by atoms with Crippen LogP contribution in [-0.2, 0) is 6.18 Å². The average Bonchev–Trinajstić information content (AvgIpc) is 3.22. The van der Waals surface area contributed by atoms with Crippen LogP contribution in [0, 0.1) is 5.41 Å². The zero-order chi connectivity index (χ0) is 19.8. The Morgan fingerprint density at radius 3 is 2.37 bits per heavy atom. The third-order valence-corrected chi connectivity index (χ3v) is 4.74. The van der Waals surface area contributed by atoms with E-state index in [4.69, 9.17) is 0 Å². The minimum atomic E-state index is -4.47. The molecule has 1 aromatic heterocycles. The average molecular weight is 379 g/mol. The van der Waals surface area contributed by atoms with Crippen molar-refractivity contribution in [2.45, 2.75) is 52.3 Å². The summed E-state index contributed by atoms with van der Waals surface area (Å²) in [6.45, 7) is 7.25. The lowest BCUT2D eigenvalue weighted by atomic mass is 9.87. The van der Waals surface area contributed by atoms with Crippen LogP contribution in [0.3, 0.4) is 0 Å². The molecular formula is C20H24F3N3O. The summed E-state index contributed by atoms with van der Waals surface area (Å²) in [5.41, 5.74) is 0.232. The minimum absolute atomic E-state index is 0.0234. The summed E-state index contributed by atoms with van der Waals surface area (Å²) in [6.07, 6.45) is -0.254. The van der Waals surface area contributed by atoms with Crippen LogP contribution < -0.4 is 0 Å². The van der Waals surface area contributed by atoms with E-state index in [9.17, 15) is 18.0 Å². The number of carbonyl (C=O) groups excluding carboxylic acids is 1. The SMILES string of the molecule is CC(C)(C)CC1CCCN1C(=O)c1ccc(-n2ccc(C(F)(F)F)n2)cc1. The maximum Gasteiger partial charge on any atom is 0.435 e. The third-order valence-electron chi connectivity index (χ3n) is 4.74. The van der Waals surface area contributed by atoms with Crippen LogP contribution in [0.15, 0.2) is 36.5 Å². The lowest BCUT2D eigenvalue weighted by Crippen LogP contribution is -2.37. The molecule has 0 saturated carbocycles. The Bertz CT molecular complexity index is 803. The van der Waals surface area contributed by atoms with Gasteiger partial charge in [0.1, 0.15) is 0 Å². The highest BCUT2D eigenvalue weighted by Crippen LogP contribution is 2.31. The first-order chi connectivity index (χ1) is 12.5. The smallest absolute Gasteiger partial charge is 0.336 e. The molecule has 0 N–H and O–H groups in total. The molecule has 2 aromatic rings. The van der Waals surface area contributed by atoms with Crippen LogP contribution in [0.5, 0.6) is 0 Å². The number of nitrogens with zero attached hydrogens (tertiary/aromatic N) is 3. The predicted octanol–water partition coefficient (Wildman–Crippen LogP) is 4.93. The van der Waals surface area contributed by atoms with Crippen molar-refractivity contribution in [3.63, 3.8) is 0 Å². The van der Waals surface area contributed by atoms with Crippen molar-refractivity contribution >= 4 is 5.91 Å². The maximum absolute atomic E-state index is 12.9. The molecule has 0 aliphatic carbocycles. The van der Waals surface area contributed by atoms with Gasteiger partial charge < -0.3 is 4.90 Å². The largest absolute Gasteiger partial charge is 0.435 e. The van der Waals surface area contributed by atoms with Crippen molar-refractivity contribution in [2.75, 3.05) is 6.54 Å². The van der Waals surface area contributed by atoms with E-state index in [0.29, 0.717) is 11.3 Å². The number of aromatic nitrogens is 2. The van der Waals surface area contributed by atoms with Crippen molar-refractivity contribution in [3.8, 4) is 5.69 Å². The topological polar surface area (TPSA) is 38.1 Å². The lowest BCUT2D eigenvalue weighted by molar-refractivity contribution is -0.141. The Morgan fingerprint density at radius 1 is 1.15 bits per heavy atom. The van der Waals surface area contributed by atoms with Gasteiger partial charge in [0.15, 0.2) is 5.69 Å². The van der Waals surface area contributed by atoms with Gasteiger partial charge in [-0.25, -0.2) is 4.68 Å². The number of halogens is 3. The fourth-order valence-corrected chi connectivity index (χ4v) is 3.56. The van der Waals surface area contributed by atoms with E-state index in [-0.39, 0.29) is 17.4 Å². The van der Waals surface area contributed by atoms with Crippen LogP contribution in [0.25, 0.3) is 5.69 Å². The molecule has 146 valence electrons. The Kier molecular flexibility index (Phi) is 5.06. The molecule has 1 aliphatic heterocycles. The zero-order valence-electron chi connectivity index (χ0n) is 15.8. The molecule has 1 saturated heterocycles. The highest BCUT2D eigenvalue weighted by molar-refractivity contribution is 5.94. The molecule has 4 nitrogen and oxygen atoms in total. The van der Waals surface area contributed by atoms with Crippen molar-refractivity contribution < 1.29 is 18.0 Å². The van der Waals surface area contributed by atoms with Crippen molar-refractivity contribution in [1.29, 1.82) is 0 Å². The number of rotatable bonds is 3. The summed E-state index contributed by atoms with van der Waals surface area (Å²) < 4.78 is 39.2. The molecule has 1 aromatic carbocycles. The van der Waals surface area contributed by atoms with Gasteiger partial charge in [0.2, 0.25) is 0 Å². The fourth-order valence-electron chi connectivity index (χ4n) is 3.56. The molecule has 1 fully saturated rings. The molecule has 1 atom stereocenters. The molecule has 0 spiro atoms. The Labute approximate surface area is 157 Å². The summed E-state index contributed by atoms with van der Waals surface area (Å²) in [5.74, 6) is -0.0234. The van der Waals surface area contributed by atoms with E-state index in [1.54, 1.807) is 24.3 Å². The van der Waals surface area contributed by atoms with Crippen LogP contribution in [-0.4, -0.2) is 33.2 Å².